The molecule has 29 heavy (non-hydrogen) atoms. The van der Waals surface area contributed by atoms with Gasteiger partial charge in [0.25, 0.3) is 0 Å². The number of likely N-dealkylation sites (tertiary alicyclic amines) is 1. The summed E-state index contributed by atoms with van der Waals surface area (Å²) in [7, 11) is 3.33. The summed E-state index contributed by atoms with van der Waals surface area (Å²) in [5.74, 6) is 3.01. The fraction of sp³-hybridized carbons (Fsp3) is 0.625. The minimum atomic E-state index is 0.164. The van der Waals surface area contributed by atoms with Crippen LogP contribution < -0.4 is 14.8 Å². The first kappa shape index (κ1) is 19.0. The predicted octanol–water partition coefficient (Wildman–Crippen LogP) is 3.56. The molecule has 4 aliphatic rings. The number of rotatable bonds is 7. The van der Waals surface area contributed by atoms with Gasteiger partial charge in [0, 0.05) is 12.5 Å². The zero-order valence-electron chi connectivity index (χ0n) is 17.5. The van der Waals surface area contributed by atoms with E-state index in [0.717, 1.165) is 31.0 Å². The Morgan fingerprint density at radius 1 is 1.17 bits per heavy atom. The van der Waals surface area contributed by atoms with E-state index in [1.54, 1.807) is 14.2 Å². The molecule has 0 aromatic heterocycles. The largest absolute Gasteiger partial charge is 0.493 e. The summed E-state index contributed by atoms with van der Waals surface area (Å²) in [6.45, 7) is 2.81. The lowest BCUT2D eigenvalue weighted by molar-refractivity contribution is -0.126. The quantitative estimate of drug-likeness (QED) is 0.716. The first-order chi connectivity index (χ1) is 14.2. The van der Waals surface area contributed by atoms with Gasteiger partial charge in [-0.05, 0) is 80.1 Å². The van der Waals surface area contributed by atoms with Crippen molar-refractivity contribution in [3.8, 4) is 11.5 Å². The van der Waals surface area contributed by atoms with Crippen LogP contribution in [0, 0.1) is 23.2 Å². The van der Waals surface area contributed by atoms with Gasteiger partial charge < -0.3 is 14.8 Å². The maximum atomic E-state index is 13.1. The highest BCUT2D eigenvalue weighted by Crippen LogP contribution is 2.70. The molecule has 1 saturated heterocycles. The van der Waals surface area contributed by atoms with Gasteiger partial charge in [0.15, 0.2) is 11.5 Å². The number of amides is 1. The molecule has 1 heterocycles. The SMILES string of the molecule is COc1ccc([C@@H](CNC(=O)[C@H]2C[C@H]3C=C[C@H]2C32CC2)N2CCCC2)cc1OC. The molecule has 5 nitrogen and oxygen atoms in total. The summed E-state index contributed by atoms with van der Waals surface area (Å²) in [5, 5.41) is 3.33. The van der Waals surface area contributed by atoms with E-state index in [4.69, 9.17) is 9.47 Å². The molecule has 5 rings (SSSR count). The molecule has 4 atom stereocenters. The molecule has 0 radical (unpaired) electrons. The average molecular weight is 397 g/mol. The number of hydrogen-bond acceptors (Lipinski definition) is 4. The van der Waals surface area contributed by atoms with Crippen molar-refractivity contribution in [3.63, 3.8) is 0 Å². The highest BCUT2D eigenvalue weighted by Gasteiger charge is 2.64. The highest BCUT2D eigenvalue weighted by atomic mass is 16.5. The van der Waals surface area contributed by atoms with Gasteiger partial charge in [-0.3, -0.25) is 9.69 Å². The Morgan fingerprint density at radius 3 is 2.59 bits per heavy atom. The summed E-state index contributed by atoms with van der Waals surface area (Å²) >= 11 is 0. The van der Waals surface area contributed by atoms with Crippen molar-refractivity contribution in [2.45, 2.75) is 38.1 Å². The third kappa shape index (κ3) is 3.14. The number of methoxy groups -OCH3 is 2. The summed E-state index contributed by atoms with van der Waals surface area (Å²) in [6.07, 6.45) is 10.8. The Bertz CT molecular complexity index is 810. The maximum Gasteiger partial charge on any atom is 0.223 e. The summed E-state index contributed by atoms with van der Waals surface area (Å²) in [4.78, 5) is 15.6. The first-order valence-electron chi connectivity index (χ1n) is 11.1. The highest BCUT2D eigenvalue weighted by molar-refractivity contribution is 5.80. The fourth-order valence-electron chi connectivity index (χ4n) is 6.17. The maximum absolute atomic E-state index is 13.1. The second-order valence-corrected chi connectivity index (χ2v) is 9.21. The van der Waals surface area contributed by atoms with Crippen LogP contribution in [0.3, 0.4) is 0 Å². The minimum absolute atomic E-state index is 0.164. The monoisotopic (exact) mass is 396 g/mol. The number of carbonyl (C=O) groups excluding carboxylic acids is 1. The van der Waals surface area contributed by atoms with Crippen molar-refractivity contribution in [2.24, 2.45) is 23.2 Å². The molecule has 2 bridgehead atoms. The number of nitrogens with one attached hydrogen (secondary N) is 1. The summed E-state index contributed by atoms with van der Waals surface area (Å²) in [6, 6.07) is 6.31. The Hall–Kier alpha value is -2.01. The van der Waals surface area contributed by atoms with Gasteiger partial charge in [0.2, 0.25) is 5.91 Å². The van der Waals surface area contributed by atoms with E-state index in [9.17, 15) is 4.79 Å². The van der Waals surface area contributed by atoms with Crippen LogP contribution in [0.5, 0.6) is 11.5 Å². The Kier molecular flexibility index (Phi) is 4.81. The van der Waals surface area contributed by atoms with E-state index in [0.29, 0.717) is 23.8 Å². The Labute approximate surface area is 173 Å². The zero-order valence-corrected chi connectivity index (χ0v) is 17.5. The molecular weight excluding hydrogens is 364 g/mol. The van der Waals surface area contributed by atoms with E-state index in [1.807, 2.05) is 6.07 Å². The molecule has 1 aromatic rings. The van der Waals surface area contributed by atoms with E-state index >= 15 is 0 Å². The van der Waals surface area contributed by atoms with Crippen molar-refractivity contribution >= 4 is 5.91 Å². The zero-order chi connectivity index (χ0) is 20.0. The van der Waals surface area contributed by atoms with Gasteiger partial charge in [-0.15, -0.1) is 0 Å². The predicted molar refractivity (Wildman–Crippen MR) is 112 cm³/mol. The molecule has 1 aliphatic heterocycles. The van der Waals surface area contributed by atoms with E-state index in [1.165, 1.54) is 31.2 Å². The molecule has 1 N–H and O–H groups in total. The molecule has 156 valence electrons. The number of ether oxygens (including phenoxy) is 2. The second kappa shape index (κ2) is 7.35. The fourth-order valence-corrected chi connectivity index (χ4v) is 6.17. The van der Waals surface area contributed by atoms with Gasteiger partial charge in [-0.25, -0.2) is 0 Å². The van der Waals surface area contributed by atoms with Crippen molar-refractivity contribution in [1.82, 2.24) is 10.2 Å². The molecule has 5 heteroatoms. The van der Waals surface area contributed by atoms with Gasteiger partial charge >= 0.3 is 0 Å². The molecule has 3 aliphatic carbocycles. The molecule has 0 unspecified atom stereocenters. The Balaban J connectivity index is 1.31. The van der Waals surface area contributed by atoms with Crippen LogP contribution in [-0.2, 0) is 4.79 Å². The van der Waals surface area contributed by atoms with Gasteiger partial charge in [-0.1, -0.05) is 18.2 Å². The number of carbonyl (C=O) groups is 1. The topological polar surface area (TPSA) is 50.8 Å². The van der Waals surface area contributed by atoms with Crippen LogP contribution in [0.15, 0.2) is 30.4 Å². The number of hydrogen-bond donors (Lipinski definition) is 1. The van der Waals surface area contributed by atoms with Crippen LogP contribution in [-0.4, -0.2) is 44.7 Å². The second-order valence-electron chi connectivity index (χ2n) is 9.21. The van der Waals surface area contributed by atoms with Crippen LogP contribution in [0.4, 0.5) is 0 Å². The first-order valence-corrected chi connectivity index (χ1v) is 11.1. The van der Waals surface area contributed by atoms with E-state index in [2.05, 4.69) is 34.5 Å². The summed E-state index contributed by atoms with van der Waals surface area (Å²) < 4.78 is 10.9. The molecule has 3 fully saturated rings. The van der Waals surface area contributed by atoms with Crippen LogP contribution in [0.25, 0.3) is 0 Å². The molecule has 1 amide bonds. The number of allylic oxidation sites excluding steroid dienone is 2. The van der Waals surface area contributed by atoms with E-state index < -0.39 is 0 Å². The average Bonchev–Trinajstić information content (AvgIpc) is 3.09. The normalized spacial score (nSPS) is 29.9. The Morgan fingerprint density at radius 2 is 1.93 bits per heavy atom. The molecule has 2 saturated carbocycles. The standard InChI is InChI=1S/C24H32N2O3/c1-28-21-8-5-16(13-22(21)29-2)20(26-11-3-4-12-26)15-25-23(27)18-14-17-6-7-19(18)24(17)9-10-24/h5-8,13,17-20H,3-4,9-12,14-15H2,1-2H3,(H,25,27)/t17-,18+,19-,20-/m1/s1. The van der Waals surface area contributed by atoms with Crippen LogP contribution in [0.1, 0.15) is 43.7 Å². The van der Waals surface area contributed by atoms with Crippen molar-refractivity contribution in [3.05, 3.63) is 35.9 Å². The smallest absolute Gasteiger partial charge is 0.223 e. The van der Waals surface area contributed by atoms with Gasteiger partial charge in [-0.2, -0.15) is 0 Å². The third-order valence-electron chi connectivity index (χ3n) is 7.90. The van der Waals surface area contributed by atoms with Crippen molar-refractivity contribution in [1.29, 1.82) is 0 Å². The molecular formula is C24H32N2O3. The molecule has 1 aromatic carbocycles. The van der Waals surface area contributed by atoms with Crippen molar-refractivity contribution in [2.75, 3.05) is 33.9 Å². The minimum Gasteiger partial charge on any atom is -0.493 e. The van der Waals surface area contributed by atoms with Crippen molar-refractivity contribution < 1.29 is 14.3 Å². The lowest BCUT2D eigenvalue weighted by atomic mass is 9.88. The summed E-state index contributed by atoms with van der Waals surface area (Å²) in [5.41, 5.74) is 1.64. The van der Waals surface area contributed by atoms with Crippen LogP contribution >= 0.6 is 0 Å². The number of benzene rings is 1. The molecule has 1 spiro atoms. The van der Waals surface area contributed by atoms with Crippen LogP contribution in [0.2, 0.25) is 0 Å². The van der Waals surface area contributed by atoms with Gasteiger partial charge in [0.05, 0.1) is 20.3 Å². The van der Waals surface area contributed by atoms with E-state index in [-0.39, 0.29) is 17.9 Å². The third-order valence-corrected chi connectivity index (χ3v) is 7.90. The lowest BCUT2D eigenvalue weighted by Crippen LogP contribution is -2.40. The van der Waals surface area contributed by atoms with Gasteiger partial charge in [0.1, 0.15) is 0 Å². The lowest BCUT2D eigenvalue weighted by Gasteiger charge is -2.29. The number of nitrogens with zero attached hydrogens (tertiary/aromatic N) is 1.